The number of likely N-dealkylation sites (tertiary alicyclic amines) is 1. The average Bonchev–Trinajstić information content (AvgIpc) is 3.10. The normalized spacial score (nSPS) is 19.8. The molecule has 3 heterocycles. The molecule has 0 radical (unpaired) electrons. The van der Waals surface area contributed by atoms with E-state index in [-0.39, 0.29) is 11.8 Å². The second-order valence-electron chi connectivity index (χ2n) is 9.05. The lowest BCUT2D eigenvalue weighted by Crippen LogP contribution is -2.34. The van der Waals surface area contributed by atoms with Gasteiger partial charge in [0.25, 0.3) is 0 Å². The number of hydrogen-bond acceptors (Lipinski definition) is 5. The van der Waals surface area contributed by atoms with Crippen molar-refractivity contribution < 1.29 is 13.9 Å². The van der Waals surface area contributed by atoms with Crippen LogP contribution in [0.15, 0.2) is 36.4 Å². The minimum Gasteiger partial charge on any atom is -0.449 e. The molecule has 5 nitrogen and oxygen atoms in total. The lowest BCUT2D eigenvalue weighted by atomic mass is 9.80. The zero-order chi connectivity index (χ0) is 22.4. The number of carbonyl (C=O) groups is 1. The molecule has 1 N–H and O–H groups in total. The van der Waals surface area contributed by atoms with Crippen molar-refractivity contribution in [2.75, 3.05) is 33.2 Å². The number of nitrogens with zero attached hydrogens (tertiary/aromatic N) is 2. The van der Waals surface area contributed by atoms with Gasteiger partial charge < -0.3 is 15.0 Å². The zero-order valence-electron chi connectivity index (χ0n) is 19.0. The number of carbonyl (C=O) groups excluding carboxylic acids is 1. The van der Waals surface area contributed by atoms with Crippen LogP contribution in [0.25, 0.3) is 11.3 Å². The largest absolute Gasteiger partial charge is 0.449 e. The lowest BCUT2D eigenvalue weighted by molar-refractivity contribution is -0.0281. The third-order valence-electron chi connectivity index (χ3n) is 6.80. The Hall–Kier alpha value is -2.31. The molecule has 1 saturated carbocycles. The first-order valence-corrected chi connectivity index (χ1v) is 12.0. The number of pyridine rings is 1. The van der Waals surface area contributed by atoms with Crippen LogP contribution in [-0.2, 0) is 10.3 Å². The smallest absolute Gasteiger partial charge is 0.358 e. The van der Waals surface area contributed by atoms with Crippen LogP contribution in [0.5, 0.6) is 0 Å². The maximum Gasteiger partial charge on any atom is 0.358 e. The van der Waals surface area contributed by atoms with Crippen LogP contribution >= 0.6 is 0 Å². The second-order valence-corrected chi connectivity index (χ2v) is 9.05. The van der Waals surface area contributed by atoms with Crippen molar-refractivity contribution in [2.24, 2.45) is 0 Å². The van der Waals surface area contributed by atoms with E-state index in [1.807, 2.05) is 19.2 Å². The van der Waals surface area contributed by atoms with Crippen molar-refractivity contribution in [3.63, 3.8) is 0 Å². The van der Waals surface area contributed by atoms with Crippen LogP contribution < -0.4 is 5.32 Å². The number of likely N-dealkylation sites (N-methyl/N-ethyl adjacent to an activating group) is 1. The minimum atomic E-state index is -0.459. The Morgan fingerprint density at radius 1 is 1.00 bits per heavy atom. The number of nitrogens with one attached hydrogen (secondary N) is 1. The van der Waals surface area contributed by atoms with Crippen molar-refractivity contribution in [1.82, 2.24) is 15.2 Å². The Balaban J connectivity index is 0.000000207. The number of fused-ring (bicyclic) bond motifs is 2. The monoisotopic (exact) mass is 439 g/mol. The van der Waals surface area contributed by atoms with E-state index in [1.165, 1.54) is 57.5 Å². The van der Waals surface area contributed by atoms with Crippen LogP contribution in [0, 0.1) is 5.82 Å². The van der Waals surface area contributed by atoms with Crippen LogP contribution in [-0.4, -0.2) is 49.1 Å². The van der Waals surface area contributed by atoms with E-state index in [2.05, 4.69) is 15.2 Å². The van der Waals surface area contributed by atoms with E-state index in [1.54, 1.807) is 12.1 Å². The molecule has 6 heteroatoms. The van der Waals surface area contributed by atoms with Crippen molar-refractivity contribution in [3.05, 3.63) is 53.5 Å². The summed E-state index contributed by atoms with van der Waals surface area (Å²) < 4.78 is 18.7. The fraction of sp³-hybridized carbons (Fsp3) is 0.538. The quantitative estimate of drug-likeness (QED) is 0.686. The zero-order valence-corrected chi connectivity index (χ0v) is 19.0. The highest BCUT2D eigenvalue weighted by Crippen LogP contribution is 2.46. The fourth-order valence-corrected chi connectivity index (χ4v) is 4.99. The van der Waals surface area contributed by atoms with Gasteiger partial charge in [-0.25, -0.2) is 14.2 Å². The van der Waals surface area contributed by atoms with Gasteiger partial charge in [0.05, 0.1) is 5.69 Å². The number of halogens is 1. The SMILES string of the molecule is CNCCN1CCCCC1.O=C1OC2(CCCCC2)c2ccc(-c3ccc(F)cc3)nc21. The van der Waals surface area contributed by atoms with Gasteiger partial charge in [-0.3, -0.25) is 0 Å². The second kappa shape index (κ2) is 10.5. The Morgan fingerprint density at radius 2 is 1.69 bits per heavy atom. The molecule has 0 amide bonds. The number of piperidine rings is 1. The molecule has 1 aliphatic carbocycles. The summed E-state index contributed by atoms with van der Waals surface area (Å²) in [5.41, 5.74) is 2.34. The van der Waals surface area contributed by atoms with E-state index in [0.29, 0.717) is 11.4 Å². The van der Waals surface area contributed by atoms with Crippen molar-refractivity contribution in [3.8, 4) is 11.3 Å². The highest BCUT2D eigenvalue weighted by Gasteiger charge is 2.47. The fourth-order valence-electron chi connectivity index (χ4n) is 4.99. The van der Waals surface area contributed by atoms with Gasteiger partial charge in [0.2, 0.25) is 0 Å². The Bertz CT molecular complexity index is 904. The molecule has 3 aliphatic rings. The van der Waals surface area contributed by atoms with Crippen LogP contribution in [0.2, 0.25) is 0 Å². The summed E-state index contributed by atoms with van der Waals surface area (Å²) in [4.78, 5) is 19.3. The number of ether oxygens (including phenoxy) is 1. The van der Waals surface area contributed by atoms with Gasteiger partial charge in [0.1, 0.15) is 11.4 Å². The molecule has 1 aromatic heterocycles. The van der Waals surface area contributed by atoms with Gasteiger partial charge >= 0.3 is 5.97 Å². The van der Waals surface area contributed by atoms with Crippen LogP contribution in [0.4, 0.5) is 4.39 Å². The molecule has 2 fully saturated rings. The highest BCUT2D eigenvalue weighted by atomic mass is 19.1. The molecule has 5 rings (SSSR count). The topological polar surface area (TPSA) is 54.5 Å². The molecular weight excluding hydrogens is 405 g/mol. The first kappa shape index (κ1) is 22.9. The molecular formula is C26H34FN3O2. The number of aromatic nitrogens is 1. The lowest BCUT2D eigenvalue weighted by Gasteiger charge is -2.32. The molecule has 0 atom stereocenters. The summed E-state index contributed by atoms with van der Waals surface area (Å²) in [5, 5.41) is 3.17. The number of benzene rings is 1. The van der Waals surface area contributed by atoms with Gasteiger partial charge in [-0.05, 0) is 89.0 Å². The van der Waals surface area contributed by atoms with Crippen molar-refractivity contribution in [2.45, 2.75) is 57.0 Å². The summed E-state index contributed by atoms with van der Waals surface area (Å²) in [7, 11) is 2.02. The molecule has 1 aromatic carbocycles. The first-order valence-electron chi connectivity index (χ1n) is 12.0. The van der Waals surface area contributed by atoms with E-state index < -0.39 is 5.60 Å². The summed E-state index contributed by atoms with van der Waals surface area (Å²) in [5.74, 6) is -0.619. The summed E-state index contributed by atoms with van der Waals surface area (Å²) in [6.45, 7) is 5.01. The third-order valence-corrected chi connectivity index (χ3v) is 6.80. The summed E-state index contributed by atoms with van der Waals surface area (Å²) in [6, 6.07) is 9.97. The van der Waals surface area contributed by atoms with E-state index >= 15 is 0 Å². The summed E-state index contributed by atoms with van der Waals surface area (Å²) >= 11 is 0. The Labute approximate surface area is 190 Å². The number of hydrogen-bond donors (Lipinski definition) is 1. The predicted octanol–water partition coefficient (Wildman–Crippen LogP) is 4.91. The van der Waals surface area contributed by atoms with Gasteiger partial charge in [-0.15, -0.1) is 0 Å². The molecule has 172 valence electrons. The highest BCUT2D eigenvalue weighted by molar-refractivity contribution is 5.93. The summed E-state index contributed by atoms with van der Waals surface area (Å²) in [6.07, 6.45) is 9.35. The number of esters is 1. The van der Waals surface area contributed by atoms with Crippen molar-refractivity contribution in [1.29, 1.82) is 0 Å². The minimum absolute atomic E-state index is 0.287. The van der Waals surface area contributed by atoms with E-state index in [4.69, 9.17) is 4.74 Å². The van der Waals surface area contributed by atoms with Gasteiger partial charge in [-0.2, -0.15) is 0 Å². The predicted molar refractivity (Wildman–Crippen MR) is 124 cm³/mol. The maximum atomic E-state index is 13.0. The molecule has 0 unspecified atom stereocenters. The molecule has 0 bridgehead atoms. The molecule has 2 aliphatic heterocycles. The van der Waals surface area contributed by atoms with Crippen molar-refractivity contribution >= 4 is 5.97 Å². The molecule has 1 saturated heterocycles. The Kier molecular flexibility index (Phi) is 7.53. The van der Waals surface area contributed by atoms with Gasteiger partial charge in [-0.1, -0.05) is 18.9 Å². The molecule has 1 spiro atoms. The average molecular weight is 440 g/mol. The van der Waals surface area contributed by atoms with Crippen LogP contribution in [0.1, 0.15) is 67.4 Å². The number of rotatable bonds is 4. The van der Waals surface area contributed by atoms with Crippen LogP contribution in [0.3, 0.4) is 0 Å². The van der Waals surface area contributed by atoms with Gasteiger partial charge in [0.15, 0.2) is 5.69 Å². The maximum absolute atomic E-state index is 13.0. The van der Waals surface area contributed by atoms with Gasteiger partial charge in [0, 0.05) is 24.2 Å². The van der Waals surface area contributed by atoms with E-state index in [0.717, 1.165) is 43.4 Å². The van der Waals surface area contributed by atoms with E-state index in [9.17, 15) is 9.18 Å². The molecule has 32 heavy (non-hydrogen) atoms. The third kappa shape index (κ3) is 5.18. The molecule has 2 aromatic rings. The Morgan fingerprint density at radius 3 is 2.38 bits per heavy atom. The first-order chi connectivity index (χ1) is 15.6. The standard InChI is InChI=1S/C18H16FNO2.C8H18N2/c19-13-6-4-12(5-7-13)15-9-8-14-16(20-15)17(21)22-18(14)10-2-1-3-11-18;1-9-5-8-10-6-3-2-4-7-10/h4-9H,1-3,10-11H2;9H,2-8H2,1H3.